The Morgan fingerprint density at radius 1 is 1.11 bits per heavy atom. The van der Waals surface area contributed by atoms with Crippen LogP contribution in [0.3, 0.4) is 0 Å². The van der Waals surface area contributed by atoms with Crippen LogP contribution in [0.5, 0.6) is 0 Å². The van der Waals surface area contributed by atoms with Crippen molar-refractivity contribution in [3.05, 3.63) is 35.9 Å². The van der Waals surface area contributed by atoms with Crippen LogP contribution in [0, 0.1) is 0 Å². The topological polar surface area (TPSA) is 51.2 Å². The highest BCUT2D eigenvalue weighted by Crippen LogP contribution is 2.17. The van der Waals surface area contributed by atoms with E-state index in [2.05, 4.69) is 0 Å². The summed E-state index contributed by atoms with van der Waals surface area (Å²) in [6.45, 7) is 5.05. The van der Waals surface area contributed by atoms with E-state index in [1.807, 2.05) is 6.07 Å². The van der Waals surface area contributed by atoms with Gasteiger partial charge in [0.15, 0.2) is 15.6 Å². The zero-order chi connectivity index (χ0) is 13.8. The highest BCUT2D eigenvalue weighted by atomic mass is 32.2. The summed E-state index contributed by atoms with van der Waals surface area (Å²) >= 11 is 0. The second kappa shape index (κ2) is 5.65. The Bertz CT molecular complexity index is 496. The molecule has 0 unspecified atom stereocenters. The van der Waals surface area contributed by atoms with E-state index in [1.54, 1.807) is 45.0 Å². The van der Waals surface area contributed by atoms with Gasteiger partial charge in [-0.3, -0.25) is 4.79 Å². The predicted octanol–water partition coefficient (Wildman–Crippen LogP) is 2.86. The third-order valence-electron chi connectivity index (χ3n) is 2.85. The quantitative estimate of drug-likeness (QED) is 0.772. The van der Waals surface area contributed by atoms with Crippen LogP contribution in [0.25, 0.3) is 0 Å². The Kier molecular flexibility index (Phi) is 4.68. The van der Waals surface area contributed by atoms with Crippen molar-refractivity contribution in [1.82, 2.24) is 0 Å². The van der Waals surface area contributed by atoms with Crippen LogP contribution in [-0.2, 0) is 9.84 Å². The first kappa shape index (κ1) is 14.9. The molecule has 18 heavy (non-hydrogen) atoms. The molecule has 0 amide bonds. The first-order valence-electron chi connectivity index (χ1n) is 6.04. The van der Waals surface area contributed by atoms with Gasteiger partial charge in [-0.15, -0.1) is 0 Å². The van der Waals surface area contributed by atoms with Crippen molar-refractivity contribution >= 4 is 15.6 Å². The van der Waals surface area contributed by atoms with Gasteiger partial charge in [-0.25, -0.2) is 8.42 Å². The van der Waals surface area contributed by atoms with Gasteiger partial charge in [0, 0.05) is 12.0 Å². The standard InChI is InChI=1S/C14H20O3S/c1-14(2,3)18(16,17)11-7-10-13(15)12-8-5-4-6-9-12/h4-6,8-9H,7,10-11H2,1-3H3. The molecule has 3 nitrogen and oxygen atoms in total. The van der Waals surface area contributed by atoms with E-state index < -0.39 is 14.6 Å². The van der Waals surface area contributed by atoms with Crippen LogP contribution in [0.1, 0.15) is 44.0 Å². The molecule has 0 fully saturated rings. The summed E-state index contributed by atoms with van der Waals surface area (Å²) in [7, 11) is -3.13. The minimum absolute atomic E-state index is 0.000269. The fraction of sp³-hybridized carbons (Fsp3) is 0.500. The lowest BCUT2D eigenvalue weighted by Gasteiger charge is -2.18. The largest absolute Gasteiger partial charge is 0.294 e. The van der Waals surface area contributed by atoms with Gasteiger partial charge in [-0.05, 0) is 27.2 Å². The molecule has 0 saturated heterocycles. The Morgan fingerprint density at radius 3 is 2.17 bits per heavy atom. The van der Waals surface area contributed by atoms with Crippen LogP contribution in [0.15, 0.2) is 30.3 Å². The summed E-state index contributed by atoms with van der Waals surface area (Å²) < 4.78 is 23.0. The van der Waals surface area contributed by atoms with E-state index in [9.17, 15) is 13.2 Å². The zero-order valence-corrected chi connectivity index (χ0v) is 12.0. The van der Waals surface area contributed by atoms with Gasteiger partial charge in [0.05, 0.1) is 10.5 Å². The van der Waals surface area contributed by atoms with Gasteiger partial charge < -0.3 is 0 Å². The lowest BCUT2D eigenvalue weighted by molar-refractivity contribution is 0.0982. The number of hydrogen-bond acceptors (Lipinski definition) is 3. The molecule has 0 aliphatic rings. The van der Waals surface area contributed by atoms with Crippen molar-refractivity contribution in [1.29, 1.82) is 0 Å². The molecule has 0 saturated carbocycles. The SMILES string of the molecule is CC(C)(C)S(=O)(=O)CCCC(=O)c1ccccc1. The molecule has 1 rings (SSSR count). The summed E-state index contributed by atoms with van der Waals surface area (Å²) in [5, 5.41) is 0. The number of carbonyl (C=O) groups is 1. The van der Waals surface area contributed by atoms with Crippen molar-refractivity contribution < 1.29 is 13.2 Å². The average Bonchev–Trinajstić information content (AvgIpc) is 2.28. The molecule has 0 spiro atoms. The van der Waals surface area contributed by atoms with Crippen molar-refractivity contribution in [3.63, 3.8) is 0 Å². The number of sulfone groups is 1. The highest BCUT2D eigenvalue weighted by molar-refractivity contribution is 7.92. The van der Waals surface area contributed by atoms with Crippen molar-refractivity contribution in [2.75, 3.05) is 5.75 Å². The van der Waals surface area contributed by atoms with E-state index in [4.69, 9.17) is 0 Å². The smallest absolute Gasteiger partial charge is 0.162 e. The first-order chi connectivity index (χ1) is 8.24. The van der Waals surface area contributed by atoms with Crippen molar-refractivity contribution in [2.24, 2.45) is 0 Å². The number of ketones is 1. The van der Waals surface area contributed by atoms with Gasteiger partial charge >= 0.3 is 0 Å². The van der Waals surface area contributed by atoms with Crippen LogP contribution in [0.4, 0.5) is 0 Å². The lowest BCUT2D eigenvalue weighted by Crippen LogP contribution is -2.30. The molecule has 4 heteroatoms. The summed E-state index contributed by atoms with van der Waals surface area (Å²) in [5.74, 6) is 0.0643. The minimum Gasteiger partial charge on any atom is -0.294 e. The molecule has 0 heterocycles. The second-order valence-electron chi connectivity index (χ2n) is 5.32. The highest BCUT2D eigenvalue weighted by Gasteiger charge is 2.28. The minimum atomic E-state index is -3.13. The van der Waals surface area contributed by atoms with E-state index in [1.165, 1.54) is 0 Å². The molecule has 0 bridgehead atoms. The number of benzene rings is 1. The molecular weight excluding hydrogens is 248 g/mol. The lowest BCUT2D eigenvalue weighted by atomic mass is 10.1. The molecule has 1 aromatic rings. The number of Topliss-reactive ketones (excluding diaryl/α,β-unsaturated/α-hetero) is 1. The molecule has 0 N–H and O–H groups in total. The Balaban J connectivity index is 2.52. The summed E-state index contributed by atoms with van der Waals surface area (Å²) in [4.78, 5) is 11.8. The fourth-order valence-corrected chi connectivity index (χ4v) is 2.63. The molecule has 0 radical (unpaired) electrons. The maximum Gasteiger partial charge on any atom is 0.162 e. The third kappa shape index (κ3) is 3.95. The number of carbonyl (C=O) groups excluding carboxylic acids is 1. The van der Waals surface area contributed by atoms with Gasteiger partial charge in [-0.2, -0.15) is 0 Å². The molecule has 0 aliphatic carbocycles. The maximum atomic E-state index is 11.9. The summed E-state index contributed by atoms with van der Waals surface area (Å²) in [5.41, 5.74) is 0.644. The van der Waals surface area contributed by atoms with E-state index >= 15 is 0 Å². The van der Waals surface area contributed by atoms with E-state index in [-0.39, 0.29) is 18.0 Å². The zero-order valence-electron chi connectivity index (χ0n) is 11.1. The molecule has 0 atom stereocenters. The molecular formula is C14H20O3S. The third-order valence-corrected chi connectivity index (χ3v) is 5.54. The summed E-state index contributed by atoms with van der Waals surface area (Å²) in [6, 6.07) is 8.96. The Morgan fingerprint density at radius 2 is 1.67 bits per heavy atom. The molecule has 0 aromatic heterocycles. The maximum absolute atomic E-state index is 11.9. The van der Waals surface area contributed by atoms with Crippen LogP contribution < -0.4 is 0 Å². The Hall–Kier alpha value is -1.16. The van der Waals surface area contributed by atoms with Crippen LogP contribution in [0.2, 0.25) is 0 Å². The monoisotopic (exact) mass is 268 g/mol. The van der Waals surface area contributed by atoms with Gasteiger partial charge in [-0.1, -0.05) is 30.3 Å². The van der Waals surface area contributed by atoms with Gasteiger partial charge in [0.2, 0.25) is 0 Å². The molecule has 0 aliphatic heterocycles. The van der Waals surface area contributed by atoms with Crippen molar-refractivity contribution in [2.45, 2.75) is 38.4 Å². The molecule has 1 aromatic carbocycles. The summed E-state index contributed by atoms with van der Waals surface area (Å²) in [6.07, 6.45) is 0.659. The van der Waals surface area contributed by atoms with Crippen LogP contribution >= 0.6 is 0 Å². The average molecular weight is 268 g/mol. The van der Waals surface area contributed by atoms with Crippen molar-refractivity contribution in [3.8, 4) is 0 Å². The number of hydrogen-bond donors (Lipinski definition) is 0. The fourth-order valence-electron chi connectivity index (χ4n) is 1.50. The predicted molar refractivity (Wildman–Crippen MR) is 73.5 cm³/mol. The van der Waals surface area contributed by atoms with Gasteiger partial charge in [0.1, 0.15) is 0 Å². The van der Waals surface area contributed by atoms with Crippen LogP contribution in [-0.4, -0.2) is 24.7 Å². The Labute approximate surface area is 109 Å². The normalized spacial score (nSPS) is 12.4. The second-order valence-corrected chi connectivity index (χ2v) is 8.19. The van der Waals surface area contributed by atoms with E-state index in [0.29, 0.717) is 12.0 Å². The first-order valence-corrected chi connectivity index (χ1v) is 7.70. The van der Waals surface area contributed by atoms with Gasteiger partial charge in [0.25, 0.3) is 0 Å². The van der Waals surface area contributed by atoms with E-state index in [0.717, 1.165) is 0 Å². The number of rotatable bonds is 5. The molecule has 100 valence electrons.